The predicted octanol–water partition coefficient (Wildman–Crippen LogP) is 0.928. The summed E-state index contributed by atoms with van der Waals surface area (Å²) in [6.07, 6.45) is 3.00. The summed E-state index contributed by atoms with van der Waals surface area (Å²) < 4.78 is 0. The molecule has 20 heavy (non-hydrogen) atoms. The maximum Gasteiger partial charge on any atom is 0.277 e. The number of nitrogens with two attached hydrogens (primary N) is 1. The number of rotatable bonds is 4. The highest BCUT2D eigenvalue weighted by molar-refractivity contribution is 6.05. The van der Waals surface area contributed by atoms with Gasteiger partial charge in [-0.15, -0.1) is 5.10 Å². The summed E-state index contributed by atoms with van der Waals surface area (Å²) in [7, 11) is 0. The van der Waals surface area contributed by atoms with Crippen LogP contribution in [-0.2, 0) is 0 Å². The highest BCUT2D eigenvalue weighted by Crippen LogP contribution is 2.16. The van der Waals surface area contributed by atoms with E-state index in [-0.39, 0.29) is 11.6 Å². The Morgan fingerprint density at radius 1 is 1.40 bits per heavy atom. The molecule has 0 saturated carbocycles. The van der Waals surface area contributed by atoms with E-state index in [1.165, 1.54) is 12.4 Å². The molecule has 0 saturated heterocycles. The van der Waals surface area contributed by atoms with Crippen molar-refractivity contribution in [2.45, 2.75) is 19.8 Å². The van der Waals surface area contributed by atoms with Gasteiger partial charge in [-0.3, -0.25) is 10.6 Å². The summed E-state index contributed by atoms with van der Waals surface area (Å²) in [6, 6.07) is 3.30. The highest BCUT2D eigenvalue weighted by atomic mass is 16.2. The van der Waals surface area contributed by atoms with E-state index in [1.807, 2.05) is 13.8 Å². The number of anilines is 2. The molecule has 8 nitrogen and oxygen atoms in total. The van der Waals surface area contributed by atoms with Crippen LogP contribution < -0.4 is 16.6 Å². The predicted molar refractivity (Wildman–Crippen MR) is 73.9 cm³/mol. The van der Waals surface area contributed by atoms with Crippen LogP contribution in [0.3, 0.4) is 0 Å². The minimum Gasteiger partial charge on any atom is -0.321 e. The number of carbonyl (C=O) groups is 1. The van der Waals surface area contributed by atoms with Gasteiger partial charge in [-0.1, -0.05) is 13.8 Å². The van der Waals surface area contributed by atoms with Crippen molar-refractivity contribution in [2.75, 3.05) is 10.7 Å². The molecule has 104 valence electrons. The molecule has 4 N–H and O–H groups in total. The van der Waals surface area contributed by atoms with E-state index in [9.17, 15) is 4.79 Å². The Morgan fingerprint density at radius 3 is 2.80 bits per heavy atom. The van der Waals surface area contributed by atoms with Gasteiger partial charge < -0.3 is 10.7 Å². The maximum absolute atomic E-state index is 12.2. The monoisotopic (exact) mass is 273 g/mol. The molecular weight excluding hydrogens is 258 g/mol. The third-order valence-corrected chi connectivity index (χ3v) is 2.51. The van der Waals surface area contributed by atoms with E-state index in [0.717, 1.165) is 0 Å². The summed E-state index contributed by atoms with van der Waals surface area (Å²) >= 11 is 0. The molecule has 1 amide bonds. The van der Waals surface area contributed by atoms with E-state index in [4.69, 9.17) is 5.84 Å². The van der Waals surface area contributed by atoms with Crippen LogP contribution in [0.1, 0.15) is 36.1 Å². The van der Waals surface area contributed by atoms with Crippen molar-refractivity contribution >= 4 is 17.4 Å². The number of hydrazine groups is 1. The number of carbonyl (C=O) groups excluding carboxylic acids is 1. The molecule has 0 aliphatic rings. The minimum absolute atomic E-state index is 0.102. The van der Waals surface area contributed by atoms with E-state index in [0.29, 0.717) is 17.3 Å². The smallest absolute Gasteiger partial charge is 0.277 e. The molecule has 0 aromatic carbocycles. The Balaban J connectivity index is 2.30. The Labute approximate surface area is 115 Å². The van der Waals surface area contributed by atoms with Crippen LogP contribution in [0.15, 0.2) is 24.5 Å². The summed E-state index contributed by atoms with van der Waals surface area (Å²) in [5.74, 6) is 5.95. The fourth-order valence-corrected chi connectivity index (χ4v) is 1.50. The summed E-state index contributed by atoms with van der Waals surface area (Å²) in [4.78, 5) is 20.6. The van der Waals surface area contributed by atoms with Crippen LogP contribution in [0, 0.1) is 0 Å². The average molecular weight is 273 g/mol. The molecule has 0 radical (unpaired) electrons. The number of nitrogen functional groups attached to an aromatic ring is 1. The molecule has 0 aliphatic carbocycles. The standard InChI is InChI=1S/C12H15N7O/c1-7(2)11-14-6-8(18-13)10(17-11)12(20)16-9-4-3-5-15-19-9/h3-7,18H,13H2,1-2H3,(H,16,19,20). The molecule has 0 spiro atoms. The summed E-state index contributed by atoms with van der Waals surface area (Å²) in [5, 5.41) is 10.1. The first-order valence-electron chi connectivity index (χ1n) is 6.04. The lowest BCUT2D eigenvalue weighted by Crippen LogP contribution is -2.21. The van der Waals surface area contributed by atoms with Gasteiger partial charge in [-0.2, -0.15) is 5.10 Å². The Hall–Kier alpha value is -2.61. The Kier molecular flexibility index (Phi) is 4.16. The number of amides is 1. The van der Waals surface area contributed by atoms with E-state index in [1.54, 1.807) is 12.1 Å². The normalized spacial score (nSPS) is 10.4. The molecule has 2 rings (SSSR count). The molecule has 0 unspecified atom stereocenters. The molecule has 2 aromatic heterocycles. The van der Waals surface area contributed by atoms with Gasteiger partial charge in [0.15, 0.2) is 11.5 Å². The second-order valence-corrected chi connectivity index (χ2v) is 4.35. The third-order valence-electron chi connectivity index (χ3n) is 2.51. The van der Waals surface area contributed by atoms with E-state index in [2.05, 4.69) is 30.9 Å². The van der Waals surface area contributed by atoms with Gasteiger partial charge in [0.1, 0.15) is 5.82 Å². The zero-order valence-corrected chi connectivity index (χ0v) is 11.2. The summed E-state index contributed by atoms with van der Waals surface area (Å²) in [5.41, 5.74) is 2.91. The van der Waals surface area contributed by atoms with Crippen molar-refractivity contribution in [2.24, 2.45) is 5.84 Å². The van der Waals surface area contributed by atoms with Crippen LogP contribution in [0.4, 0.5) is 11.5 Å². The van der Waals surface area contributed by atoms with E-state index >= 15 is 0 Å². The van der Waals surface area contributed by atoms with Gasteiger partial charge in [0, 0.05) is 12.1 Å². The number of nitrogens with zero attached hydrogens (tertiary/aromatic N) is 4. The van der Waals surface area contributed by atoms with Crippen molar-refractivity contribution in [3.8, 4) is 0 Å². The quantitative estimate of drug-likeness (QED) is 0.560. The lowest BCUT2D eigenvalue weighted by molar-refractivity contribution is 0.102. The zero-order valence-electron chi connectivity index (χ0n) is 11.2. The van der Waals surface area contributed by atoms with Crippen LogP contribution in [0.25, 0.3) is 0 Å². The van der Waals surface area contributed by atoms with Gasteiger partial charge >= 0.3 is 0 Å². The summed E-state index contributed by atoms with van der Waals surface area (Å²) in [6.45, 7) is 3.88. The first kappa shape index (κ1) is 13.8. The number of nitrogens with one attached hydrogen (secondary N) is 2. The highest BCUT2D eigenvalue weighted by Gasteiger charge is 2.16. The Morgan fingerprint density at radius 2 is 2.20 bits per heavy atom. The first-order valence-corrected chi connectivity index (χ1v) is 6.04. The van der Waals surface area contributed by atoms with Crippen LogP contribution in [0.2, 0.25) is 0 Å². The van der Waals surface area contributed by atoms with Crippen LogP contribution in [0.5, 0.6) is 0 Å². The fourth-order valence-electron chi connectivity index (χ4n) is 1.50. The van der Waals surface area contributed by atoms with Gasteiger partial charge in [0.25, 0.3) is 5.91 Å². The fraction of sp³-hybridized carbons (Fsp3) is 0.250. The second-order valence-electron chi connectivity index (χ2n) is 4.35. The first-order chi connectivity index (χ1) is 9.61. The van der Waals surface area contributed by atoms with Gasteiger partial charge in [0.05, 0.1) is 11.9 Å². The second kappa shape index (κ2) is 6.02. The zero-order chi connectivity index (χ0) is 14.5. The molecule has 0 atom stereocenters. The molecule has 0 fully saturated rings. The van der Waals surface area contributed by atoms with Crippen molar-refractivity contribution in [1.82, 2.24) is 20.2 Å². The molecular formula is C12H15N7O. The van der Waals surface area contributed by atoms with Crippen LogP contribution >= 0.6 is 0 Å². The van der Waals surface area contributed by atoms with Gasteiger partial charge in [-0.25, -0.2) is 9.97 Å². The van der Waals surface area contributed by atoms with Crippen molar-refractivity contribution < 1.29 is 4.79 Å². The van der Waals surface area contributed by atoms with Gasteiger partial charge in [0.2, 0.25) is 0 Å². The maximum atomic E-state index is 12.2. The number of hydrogen-bond donors (Lipinski definition) is 3. The number of aromatic nitrogens is 4. The lowest BCUT2D eigenvalue weighted by atomic mass is 10.2. The lowest BCUT2D eigenvalue weighted by Gasteiger charge is -2.10. The van der Waals surface area contributed by atoms with Crippen LogP contribution in [-0.4, -0.2) is 26.1 Å². The minimum atomic E-state index is -0.428. The SMILES string of the molecule is CC(C)c1ncc(NN)c(C(=O)Nc2cccnn2)n1. The van der Waals surface area contributed by atoms with Gasteiger partial charge in [-0.05, 0) is 12.1 Å². The largest absolute Gasteiger partial charge is 0.321 e. The topological polar surface area (TPSA) is 119 Å². The Bertz CT molecular complexity index is 600. The molecule has 0 aliphatic heterocycles. The third kappa shape index (κ3) is 3.04. The molecule has 2 heterocycles. The molecule has 2 aromatic rings. The average Bonchev–Trinajstić information content (AvgIpc) is 2.47. The van der Waals surface area contributed by atoms with Crippen molar-refractivity contribution in [1.29, 1.82) is 0 Å². The van der Waals surface area contributed by atoms with E-state index < -0.39 is 5.91 Å². The van der Waals surface area contributed by atoms with Crippen molar-refractivity contribution in [3.05, 3.63) is 36.0 Å². The number of hydrogen-bond acceptors (Lipinski definition) is 7. The molecule has 0 bridgehead atoms. The molecule has 8 heteroatoms. The van der Waals surface area contributed by atoms with Crippen molar-refractivity contribution in [3.63, 3.8) is 0 Å².